The second kappa shape index (κ2) is 19.0. The van der Waals surface area contributed by atoms with E-state index in [1.54, 1.807) is 0 Å². The van der Waals surface area contributed by atoms with Gasteiger partial charge in [0, 0.05) is 6.42 Å². The standard InChI is InChI=1S/C32H48O3/c1-3-5-7-8-9-10-11-12-13-14-15-17-27-34-30-23-19-28(20-24-30)29-21-25-31(26-22-29)35-32(33)18-16-6-4-2/h19-26H,3-18,27H2,1-2H3. The molecule has 0 aliphatic rings. The molecule has 0 N–H and O–H groups in total. The van der Waals surface area contributed by atoms with E-state index < -0.39 is 0 Å². The van der Waals surface area contributed by atoms with Crippen LogP contribution < -0.4 is 9.47 Å². The molecular weight excluding hydrogens is 432 g/mol. The van der Waals surface area contributed by atoms with Crippen LogP contribution in [0.3, 0.4) is 0 Å². The summed E-state index contributed by atoms with van der Waals surface area (Å²) in [5.41, 5.74) is 2.23. The zero-order valence-electron chi connectivity index (χ0n) is 22.4. The molecule has 0 amide bonds. The zero-order valence-corrected chi connectivity index (χ0v) is 22.4. The Kier molecular flexibility index (Phi) is 15.7. The number of benzene rings is 2. The van der Waals surface area contributed by atoms with Crippen LogP contribution in [0.4, 0.5) is 0 Å². The van der Waals surface area contributed by atoms with Gasteiger partial charge in [-0.1, -0.05) is 122 Å². The molecule has 0 saturated carbocycles. The normalized spacial score (nSPS) is 10.9. The van der Waals surface area contributed by atoms with Crippen LogP contribution in [-0.2, 0) is 4.79 Å². The summed E-state index contributed by atoms with van der Waals surface area (Å²) in [6.07, 6.45) is 19.8. The molecule has 0 heterocycles. The number of hydrogen-bond acceptors (Lipinski definition) is 3. The molecule has 194 valence electrons. The Bertz CT molecular complexity index is 779. The van der Waals surface area contributed by atoms with E-state index in [0.717, 1.165) is 49.2 Å². The first-order chi connectivity index (χ1) is 17.2. The van der Waals surface area contributed by atoms with Gasteiger partial charge in [0.25, 0.3) is 0 Å². The number of esters is 1. The molecular formula is C32H48O3. The number of carbonyl (C=O) groups is 1. The summed E-state index contributed by atoms with van der Waals surface area (Å²) in [6.45, 7) is 5.19. The third kappa shape index (κ3) is 13.4. The smallest absolute Gasteiger partial charge is 0.311 e. The summed E-state index contributed by atoms with van der Waals surface area (Å²) in [6, 6.07) is 16.0. The van der Waals surface area contributed by atoms with Gasteiger partial charge in [0.15, 0.2) is 0 Å². The van der Waals surface area contributed by atoms with Gasteiger partial charge in [0.05, 0.1) is 6.61 Å². The first-order valence-electron chi connectivity index (χ1n) is 14.3. The Labute approximate surface area is 214 Å². The van der Waals surface area contributed by atoms with Crippen molar-refractivity contribution in [2.45, 2.75) is 117 Å². The highest BCUT2D eigenvalue weighted by atomic mass is 16.5. The fourth-order valence-corrected chi connectivity index (χ4v) is 4.29. The van der Waals surface area contributed by atoms with Gasteiger partial charge >= 0.3 is 5.97 Å². The quantitative estimate of drug-likeness (QED) is 0.107. The van der Waals surface area contributed by atoms with Crippen LogP contribution in [-0.4, -0.2) is 12.6 Å². The van der Waals surface area contributed by atoms with Crippen molar-refractivity contribution in [3.05, 3.63) is 48.5 Å². The maximum Gasteiger partial charge on any atom is 0.311 e. The largest absolute Gasteiger partial charge is 0.494 e. The molecule has 0 bridgehead atoms. The van der Waals surface area contributed by atoms with Crippen molar-refractivity contribution in [2.24, 2.45) is 0 Å². The molecule has 0 radical (unpaired) electrons. The number of hydrogen-bond donors (Lipinski definition) is 0. The van der Waals surface area contributed by atoms with Crippen LogP contribution in [0.2, 0.25) is 0 Å². The predicted molar refractivity (Wildman–Crippen MR) is 148 cm³/mol. The van der Waals surface area contributed by atoms with E-state index in [9.17, 15) is 4.79 Å². The predicted octanol–water partition coefficient (Wildman–Crippen LogP) is 9.92. The van der Waals surface area contributed by atoms with E-state index in [-0.39, 0.29) is 5.97 Å². The molecule has 2 rings (SSSR count). The minimum absolute atomic E-state index is 0.152. The van der Waals surface area contributed by atoms with Crippen LogP contribution in [0.15, 0.2) is 48.5 Å². The minimum Gasteiger partial charge on any atom is -0.494 e. The minimum atomic E-state index is -0.152. The summed E-state index contributed by atoms with van der Waals surface area (Å²) in [7, 11) is 0. The third-order valence-corrected chi connectivity index (χ3v) is 6.52. The molecule has 2 aromatic carbocycles. The van der Waals surface area contributed by atoms with Crippen LogP contribution in [0, 0.1) is 0 Å². The molecule has 0 aliphatic heterocycles. The summed E-state index contributed by atoms with van der Waals surface area (Å²) in [4.78, 5) is 11.9. The zero-order chi connectivity index (χ0) is 25.0. The summed E-state index contributed by atoms with van der Waals surface area (Å²) in [5.74, 6) is 1.38. The number of carbonyl (C=O) groups excluding carboxylic acids is 1. The number of unbranched alkanes of at least 4 members (excludes halogenated alkanes) is 13. The Balaban J connectivity index is 1.56. The number of ether oxygens (including phenoxy) is 2. The first kappa shape index (κ1) is 28.9. The molecule has 35 heavy (non-hydrogen) atoms. The molecule has 0 unspecified atom stereocenters. The topological polar surface area (TPSA) is 35.5 Å². The Morgan fingerprint density at radius 2 is 0.971 bits per heavy atom. The van der Waals surface area contributed by atoms with Crippen molar-refractivity contribution in [2.75, 3.05) is 6.61 Å². The molecule has 0 aliphatic carbocycles. The van der Waals surface area contributed by atoms with E-state index in [1.165, 1.54) is 70.6 Å². The average molecular weight is 481 g/mol. The van der Waals surface area contributed by atoms with Gasteiger partial charge in [-0.25, -0.2) is 0 Å². The van der Waals surface area contributed by atoms with Crippen LogP contribution in [0.5, 0.6) is 11.5 Å². The highest BCUT2D eigenvalue weighted by Gasteiger charge is 2.05. The van der Waals surface area contributed by atoms with Crippen molar-refractivity contribution in [1.29, 1.82) is 0 Å². The van der Waals surface area contributed by atoms with Gasteiger partial charge in [-0.3, -0.25) is 4.79 Å². The maximum absolute atomic E-state index is 11.9. The SMILES string of the molecule is CCCCCCCCCCCCCCOc1ccc(-c2ccc(OC(=O)CCCCC)cc2)cc1. The van der Waals surface area contributed by atoms with E-state index in [0.29, 0.717) is 12.2 Å². The van der Waals surface area contributed by atoms with Crippen molar-refractivity contribution in [3.63, 3.8) is 0 Å². The lowest BCUT2D eigenvalue weighted by atomic mass is 10.1. The Morgan fingerprint density at radius 3 is 1.49 bits per heavy atom. The molecule has 0 aromatic heterocycles. The highest BCUT2D eigenvalue weighted by molar-refractivity contribution is 5.73. The lowest BCUT2D eigenvalue weighted by molar-refractivity contribution is -0.134. The Morgan fingerprint density at radius 1 is 0.543 bits per heavy atom. The van der Waals surface area contributed by atoms with Crippen molar-refractivity contribution < 1.29 is 14.3 Å². The number of rotatable bonds is 20. The van der Waals surface area contributed by atoms with Crippen LogP contribution >= 0.6 is 0 Å². The van der Waals surface area contributed by atoms with Crippen LogP contribution in [0.1, 0.15) is 117 Å². The van der Waals surface area contributed by atoms with Gasteiger partial charge in [-0.2, -0.15) is 0 Å². The summed E-state index contributed by atoms with van der Waals surface area (Å²) >= 11 is 0. The van der Waals surface area contributed by atoms with E-state index in [4.69, 9.17) is 9.47 Å². The average Bonchev–Trinajstić information content (AvgIpc) is 2.88. The second-order valence-electron chi connectivity index (χ2n) is 9.72. The molecule has 3 heteroatoms. The highest BCUT2D eigenvalue weighted by Crippen LogP contribution is 2.25. The van der Waals surface area contributed by atoms with Crippen LogP contribution in [0.25, 0.3) is 11.1 Å². The lowest BCUT2D eigenvalue weighted by Crippen LogP contribution is -2.07. The molecule has 0 saturated heterocycles. The van der Waals surface area contributed by atoms with Gasteiger partial charge in [-0.15, -0.1) is 0 Å². The molecule has 3 nitrogen and oxygen atoms in total. The molecule has 0 spiro atoms. The summed E-state index contributed by atoms with van der Waals surface area (Å²) in [5, 5.41) is 0. The monoisotopic (exact) mass is 480 g/mol. The fraction of sp³-hybridized carbons (Fsp3) is 0.594. The van der Waals surface area contributed by atoms with Gasteiger partial charge in [0.2, 0.25) is 0 Å². The third-order valence-electron chi connectivity index (χ3n) is 6.52. The molecule has 0 atom stereocenters. The van der Waals surface area contributed by atoms with Crippen molar-refractivity contribution in [3.8, 4) is 22.6 Å². The van der Waals surface area contributed by atoms with Gasteiger partial charge in [0.1, 0.15) is 11.5 Å². The molecule has 0 fully saturated rings. The summed E-state index contributed by atoms with van der Waals surface area (Å²) < 4.78 is 11.4. The maximum atomic E-state index is 11.9. The second-order valence-corrected chi connectivity index (χ2v) is 9.72. The van der Waals surface area contributed by atoms with E-state index >= 15 is 0 Å². The van der Waals surface area contributed by atoms with Crippen molar-refractivity contribution in [1.82, 2.24) is 0 Å². The van der Waals surface area contributed by atoms with Crippen molar-refractivity contribution >= 4 is 5.97 Å². The van der Waals surface area contributed by atoms with E-state index in [2.05, 4.69) is 26.0 Å². The fourth-order valence-electron chi connectivity index (χ4n) is 4.29. The first-order valence-corrected chi connectivity index (χ1v) is 14.3. The lowest BCUT2D eigenvalue weighted by Gasteiger charge is -2.09. The molecule has 2 aromatic rings. The van der Waals surface area contributed by atoms with Gasteiger partial charge in [-0.05, 0) is 48.2 Å². The van der Waals surface area contributed by atoms with Gasteiger partial charge < -0.3 is 9.47 Å². The van der Waals surface area contributed by atoms with E-state index in [1.807, 2.05) is 36.4 Å². The Hall–Kier alpha value is -2.29.